The van der Waals surface area contributed by atoms with Gasteiger partial charge in [-0.25, -0.2) is 0 Å². The summed E-state index contributed by atoms with van der Waals surface area (Å²) >= 11 is 0. The van der Waals surface area contributed by atoms with E-state index in [0.29, 0.717) is 18.5 Å². The number of imide groups is 1. The molecule has 2 aliphatic rings. The van der Waals surface area contributed by atoms with Gasteiger partial charge in [-0.2, -0.15) is 0 Å². The third-order valence-corrected chi connectivity index (χ3v) is 5.18. The van der Waals surface area contributed by atoms with Gasteiger partial charge in [-0.15, -0.1) is 0 Å². The first-order valence-corrected chi connectivity index (χ1v) is 9.29. The van der Waals surface area contributed by atoms with Gasteiger partial charge in [0.2, 0.25) is 11.8 Å². The Morgan fingerprint density at radius 3 is 2.41 bits per heavy atom. The van der Waals surface area contributed by atoms with Crippen LogP contribution in [0.1, 0.15) is 38.2 Å². The number of carbonyl (C=O) groups is 4. The van der Waals surface area contributed by atoms with Gasteiger partial charge in [0.05, 0.1) is 11.8 Å². The molecule has 3 unspecified atom stereocenters. The summed E-state index contributed by atoms with van der Waals surface area (Å²) in [6, 6.07) is 7.25. The number of amides is 3. The fourth-order valence-electron chi connectivity index (χ4n) is 3.77. The molecule has 1 heterocycles. The first-order chi connectivity index (χ1) is 12.9. The van der Waals surface area contributed by atoms with Crippen LogP contribution in [-0.4, -0.2) is 41.2 Å². The van der Waals surface area contributed by atoms with Crippen molar-refractivity contribution in [2.45, 2.75) is 45.6 Å². The molecular weight excluding hydrogens is 348 g/mol. The van der Waals surface area contributed by atoms with Crippen LogP contribution >= 0.6 is 0 Å². The SMILES string of the molecule is Cc1cccc(NC(=O)C(C)OC(=O)CN2C(=O)C3CCCCC3C2=O)c1. The number of aryl methyl sites for hydroxylation is 1. The molecule has 1 aliphatic carbocycles. The molecule has 7 nitrogen and oxygen atoms in total. The van der Waals surface area contributed by atoms with Crippen molar-refractivity contribution in [2.24, 2.45) is 11.8 Å². The summed E-state index contributed by atoms with van der Waals surface area (Å²) in [5.74, 6) is -2.43. The van der Waals surface area contributed by atoms with Crippen molar-refractivity contribution >= 4 is 29.4 Å². The Hall–Kier alpha value is -2.70. The van der Waals surface area contributed by atoms with Crippen LogP contribution in [0.25, 0.3) is 0 Å². The van der Waals surface area contributed by atoms with Crippen LogP contribution in [0.4, 0.5) is 5.69 Å². The van der Waals surface area contributed by atoms with Gasteiger partial charge in [0, 0.05) is 5.69 Å². The number of nitrogens with zero attached hydrogens (tertiary/aromatic N) is 1. The molecule has 0 radical (unpaired) electrons. The van der Waals surface area contributed by atoms with E-state index in [9.17, 15) is 19.2 Å². The molecule has 0 aromatic heterocycles. The fourth-order valence-corrected chi connectivity index (χ4v) is 3.77. The van der Waals surface area contributed by atoms with E-state index in [4.69, 9.17) is 4.74 Å². The zero-order valence-corrected chi connectivity index (χ0v) is 15.6. The first kappa shape index (κ1) is 19.1. The third-order valence-electron chi connectivity index (χ3n) is 5.18. The average Bonchev–Trinajstić information content (AvgIpc) is 2.87. The molecule has 1 saturated heterocycles. The predicted octanol–water partition coefficient (Wildman–Crippen LogP) is 2.04. The predicted molar refractivity (Wildman–Crippen MR) is 97.5 cm³/mol. The van der Waals surface area contributed by atoms with Gasteiger partial charge in [-0.3, -0.25) is 24.1 Å². The normalized spacial score (nSPS) is 23.0. The topological polar surface area (TPSA) is 92.8 Å². The zero-order chi connectivity index (χ0) is 19.6. The highest BCUT2D eigenvalue weighted by molar-refractivity contribution is 6.07. The van der Waals surface area contributed by atoms with Crippen molar-refractivity contribution in [1.29, 1.82) is 0 Å². The second-order valence-electron chi connectivity index (χ2n) is 7.25. The number of anilines is 1. The number of likely N-dealkylation sites (tertiary alicyclic amines) is 1. The minimum Gasteiger partial charge on any atom is -0.451 e. The highest BCUT2D eigenvalue weighted by Crippen LogP contribution is 2.37. The summed E-state index contributed by atoms with van der Waals surface area (Å²) in [7, 11) is 0. The van der Waals surface area contributed by atoms with Crippen LogP contribution in [0.15, 0.2) is 24.3 Å². The van der Waals surface area contributed by atoms with E-state index < -0.39 is 24.5 Å². The highest BCUT2D eigenvalue weighted by Gasteiger charge is 2.48. The molecule has 3 rings (SSSR count). The molecular formula is C20H24N2O5. The Labute approximate surface area is 158 Å². The van der Waals surface area contributed by atoms with Crippen molar-refractivity contribution in [1.82, 2.24) is 4.90 Å². The lowest BCUT2D eigenvalue weighted by Crippen LogP contribution is -2.39. The first-order valence-electron chi connectivity index (χ1n) is 9.29. The summed E-state index contributed by atoms with van der Waals surface area (Å²) in [6.45, 7) is 2.92. The molecule has 1 saturated carbocycles. The molecule has 2 fully saturated rings. The Morgan fingerprint density at radius 2 is 1.81 bits per heavy atom. The standard InChI is InChI=1S/C20H24N2O5/c1-12-6-5-7-14(10-12)21-18(24)13(2)27-17(23)11-22-19(25)15-8-3-4-9-16(15)20(22)26/h5-7,10,13,15-16H,3-4,8-9,11H2,1-2H3,(H,21,24). The second kappa shape index (κ2) is 7.90. The Kier molecular flexibility index (Phi) is 5.58. The number of carbonyl (C=O) groups excluding carboxylic acids is 4. The van der Waals surface area contributed by atoms with Gasteiger partial charge in [-0.05, 0) is 44.4 Å². The molecule has 0 spiro atoms. The van der Waals surface area contributed by atoms with E-state index in [1.807, 2.05) is 19.1 Å². The minimum atomic E-state index is -1.03. The van der Waals surface area contributed by atoms with Crippen molar-refractivity contribution in [3.05, 3.63) is 29.8 Å². The molecule has 0 bridgehead atoms. The molecule has 27 heavy (non-hydrogen) atoms. The number of fused-ring (bicyclic) bond motifs is 1. The van der Waals surface area contributed by atoms with Crippen molar-refractivity contribution in [3.8, 4) is 0 Å². The van der Waals surface area contributed by atoms with Crippen LogP contribution in [0.5, 0.6) is 0 Å². The number of esters is 1. The van der Waals surface area contributed by atoms with Crippen LogP contribution in [0.3, 0.4) is 0 Å². The number of nitrogens with one attached hydrogen (secondary N) is 1. The Balaban J connectivity index is 1.54. The molecule has 1 N–H and O–H groups in total. The van der Waals surface area contributed by atoms with Gasteiger partial charge in [-0.1, -0.05) is 25.0 Å². The van der Waals surface area contributed by atoms with E-state index in [2.05, 4.69) is 5.32 Å². The van der Waals surface area contributed by atoms with Gasteiger partial charge in [0.1, 0.15) is 6.54 Å². The number of hydrogen-bond acceptors (Lipinski definition) is 5. The smallest absolute Gasteiger partial charge is 0.326 e. The van der Waals surface area contributed by atoms with Gasteiger partial charge in [0.15, 0.2) is 6.10 Å². The number of ether oxygens (including phenoxy) is 1. The van der Waals surface area contributed by atoms with Crippen molar-refractivity contribution in [2.75, 3.05) is 11.9 Å². The quantitative estimate of drug-likeness (QED) is 0.631. The lowest BCUT2D eigenvalue weighted by Gasteiger charge is -2.19. The molecule has 7 heteroatoms. The van der Waals surface area contributed by atoms with Gasteiger partial charge < -0.3 is 10.1 Å². The maximum atomic E-state index is 12.4. The average molecular weight is 372 g/mol. The number of benzene rings is 1. The highest BCUT2D eigenvalue weighted by atomic mass is 16.5. The van der Waals surface area contributed by atoms with Gasteiger partial charge in [0.25, 0.3) is 5.91 Å². The molecule has 3 atom stereocenters. The molecule has 1 aromatic carbocycles. The Morgan fingerprint density at radius 1 is 1.19 bits per heavy atom. The summed E-state index contributed by atoms with van der Waals surface area (Å²) in [4.78, 5) is 50.2. The third kappa shape index (κ3) is 4.18. The lowest BCUT2D eigenvalue weighted by atomic mass is 9.81. The van der Waals surface area contributed by atoms with Crippen LogP contribution < -0.4 is 5.32 Å². The van der Waals surface area contributed by atoms with Crippen LogP contribution in [-0.2, 0) is 23.9 Å². The summed E-state index contributed by atoms with van der Waals surface area (Å²) in [5, 5.41) is 2.68. The monoisotopic (exact) mass is 372 g/mol. The molecule has 3 amide bonds. The van der Waals surface area contributed by atoms with E-state index in [1.165, 1.54) is 6.92 Å². The van der Waals surface area contributed by atoms with E-state index in [0.717, 1.165) is 23.3 Å². The zero-order valence-electron chi connectivity index (χ0n) is 15.6. The maximum absolute atomic E-state index is 12.4. The Bertz CT molecular complexity index is 751. The number of hydrogen-bond donors (Lipinski definition) is 1. The summed E-state index contributed by atoms with van der Waals surface area (Å²) in [5.41, 5.74) is 1.60. The van der Waals surface area contributed by atoms with E-state index in [-0.39, 0.29) is 23.7 Å². The van der Waals surface area contributed by atoms with E-state index in [1.54, 1.807) is 12.1 Å². The molecule has 1 aliphatic heterocycles. The van der Waals surface area contributed by atoms with E-state index >= 15 is 0 Å². The second-order valence-corrected chi connectivity index (χ2v) is 7.25. The van der Waals surface area contributed by atoms with Crippen LogP contribution in [0, 0.1) is 18.8 Å². The largest absolute Gasteiger partial charge is 0.451 e. The molecule has 1 aromatic rings. The lowest BCUT2D eigenvalue weighted by molar-refractivity contribution is -0.158. The fraction of sp³-hybridized carbons (Fsp3) is 0.500. The van der Waals surface area contributed by atoms with Gasteiger partial charge >= 0.3 is 5.97 Å². The minimum absolute atomic E-state index is 0.293. The van der Waals surface area contributed by atoms with Crippen molar-refractivity contribution < 1.29 is 23.9 Å². The molecule has 144 valence electrons. The summed E-state index contributed by atoms with van der Waals surface area (Å²) in [6.07, 6.45) is 2.20. The summed E-state index contributed by atoms with van der Waals surface area (Å²) < 4.78 is 5.13. The number of rotatable bonds is 5. The maximum Gasteiger partial charge on any atom is 0.326 e. The van der Waals surface area contributed by atoms with Crippen LogP contribution in [0.2, 0.25) is 0 Å². The van der Waals surface area contributed by atoms with Crippen molar-refractivity contribution in [3.63, 3.8) is 0 Å².